The van der Waals surface area contributed by atoms with Crippen molar-refractivity contribution in [2.45, 2.75) is 38.0 Å². The molecule has 4 nitrogen and oxygen atoms in total. The van der Waals surface area contributed by atoms with Crippen LogP contribution >= 0.6 is 11.8 Å². The highest BCUT2D eigenvalue weighted by Crippen LogP contribution is 2.37. The fraction of sp³-hybridized carbons (Fsp3) is 0.500. The highest BCUT2D eigenvalue weighted by atomic mass is 32.2. The first-order valence-electron chi connectivity index (χ1n) is 7.29. The fourth-order valence-corrected chi connectivity index (χ4v) is 3.69. The van der Waals surface area contributed by atoms with Crippen LogP contribution in [0.5, 0.6) is 0 Å². The van der Waals surface area contributed by atoms with Crippen LogP contribution < -0.4 is 4.90 Å². The molecule has 21 heavy (non-hydrogen) atoms. The number of carboxylic acids is 1. The Kier molecular flexibility index (Phi) is 4.93. The van der Waals surface area contributed by atoms with E-state index in [1.54, 1.807) is 16.7 Å². The maximum absolute atomic E-state index is 12.7. The normalized spacial score (nSPS) is 14.7. The molecule has 1 heterocycles. The lowest BCUT2D eigenvalue weighted by Crippen LogP contribution is -2.41. The molecular weight excluding hydrogens is 286 g/mol. The summed E-state index contributed by atoms with van der Waals surface area (Å²) in [5, 5.41) is 9.49. The van der Waals surface area contributed by atoms with Crippen molar-refractivity contribution in [1.29, 1.82) is 0 Å². The van der Waals surface area contributed by atoms with Gasteiger partial charge in [0.2, 0.25) is 5.91 Å². The van der Waals surface area contributed by atoms with E-state index in [-0.39, 0.29) is 12.3 Å². The number of amides is 1. The number of fused-ring (bicyclic) bond motifs is 1. The van der Waals surface area contributed by atoms with E-state index >= 15 is 0 Å². The van der Waals surface area contributed by atoms with Crippen molar-refractivity contribution in [2.24, 2.45) is 5.41 Å². The van der Waals surface area contributed by atoms with Crippen LogP contribution in [0.2, 0.25) is 0 Å². The molecule has 0 saturated heterocycles. The lowest BCUT2D eigenvalue weighted by atomic mass is 9.79. The SMILES string of the molecule is CCC(CC)(CC(=O)N1CCSc2ccccc21)C(=O)O. The Labute approximate surface area is 129 Å². The van der Waals surface area contributed by atoms with Crippen molar-refractivity contribution >= 4 is 29.3 Å². The number of benzene rings is 1. The summed E-state index contributed by atoms with van der Waals surface area (Å²) in [5.41, 5.74) is -0.0402. The van der Waals surface area contributed by atoms with Crippen molar-refractivity contribution in [3.63, 3.8) is 0 Å². The predicted octanol–water partition coefficient (Wildman–Crippen LogP) is 3.41. The lowest BCUT2D eigenvalue weighted by molar-refractivity contribution is -0.152. The molecule has 2 rings (SSSR count). The molecule has 0 spiro atoms. The van der Waals surface area contributed by atoms with Crippen LogP contribution in [-0.4, -0.2) is 29.3 Å². The maximum atomic E-state index is 12.7. The van der Waals surface area contributed by atoms with Gasteiger partial charge in [0.1, 0.15) is 0 Å². The van der Waals surface area contributed by atoms with Crippen LogP contribution in [0.4, 0.5) is 5.69 Å². The number of para-hydroxylation sites is 1. The number of nitrogens with zero attached hydrogens (tertiary/aromatic N) is 1. The van der Waals surface area contributed by atoms with Gasteiger partial charge in [-0.1, -0.05) is 26.0 Å². The van der Waals surface area contributed by atoms with Gasteiger partial charge in [0.15, 0.2) is 0 Å². The van der Waals surface area contributed by atoms with Gasteiger partial charge in [-0.2, -0.15) is 0 Å². The van der Waals surface area contributed by atoms with Crippen molar-refractivity contribution in [3.8, 4) is 0 Å². The first-order valence-corrected chi connectivity index (χ1v) is 8.28. The van der Waals surface area contributed by atoms with Gasteiger partial charge < -0.3 is 10.0 Å². The highest BCUT2D eigenvalue weighted by molar-refractivity contribution is 7.99. The zero-order chi connectivity index (χ0) is 15.5. The van der Waals surface area contributed by atoms with Crippen molar-refractivity contribution in [2.75, 3.05) is 17.2 Å². The maximum Gasteiger partial charge on any atom is 0.310 e. The average Bonchev–Trinajstić information content (AvgIpc) is 2.51. The van der Waals surface area contributed by atoms with E-state index in [9.17, 15) is 14.7 Å². The van der Waals surface area contributed by atoms with Crippen LogP contribution in [-0.2, 0) is 9.59 Å². The largest absolute Gasteiger partial charge is 0.481 e. The Morgan fingerprint density at radius 1 is 1.29 bits per heavy atom. The second kappa shape index (κ2) is 6.52. The Morgan fingerprint density at radius 2 is 1.95 bits per heavy atom. The predicted molar refractivity (Wildman–Crippen MR) is 84.8 cm³/mol. The van der Waals surface area contributed by atoms with E-state index in [2.05, 4.69) is 0 Å². The van der Waals surface area contributed by atoms with Gasteiger partial charge in [0.25, 0.3) is 0 Å². The summed E-state index contributed by atoms with van der Waals surface area (Å²) in [5.74, 6) is -0.115. The van der Waals surface area contributed by atoms with Crippen LogP contribution in [0.1, 0.15) is 33.1 Å². The van der Waals surface area contributed by atoms with Gasteiger partial charge in [-0.3, -0.25) is 9.59 Å². The van der Waals surface area contributed by atoms with Gasteiger partial charge in [0.05, 0.1) is 11.1 Å². The number of carbonyl (C=O) groups is 2. The summed E-state index contributed by atoms with van der Waals surface area (Å²) in [6, 6.07) is 7.80. The number of carboxylic acid groups (broad SMARTS) is 1. The van der Waals surface area contributed by atoms with Gasteiger partial charge in [-0.25, -0.2) is 0 Å². The molecule has 0 radical (unpaired) electrons. The number of hydrogen-bond acceptors (Lipinski definition) is 3. The number of thioether (sulfide) groups is 1. The minimum absolute atomic E-state index is 0.0638. The molecule has 0 unspecified atom stereocenters. The fourth-order valence-electron chi connectivity index (χ4n) is 2.69. The number of aliphatic carboxylic acids is 1. The number of anilines is 1. The number of hydrogen-bond donors (Lipinski definition) is 1. The molecule has 0 aliphatic carbocycles. The minimum Gasteiger partial charge on any atom is -0.481 e. The third-order valence-electron chi connectivity index (χ3n) is 4.33. The molecule has 0 atom stereocenters. The van der Waals surface area contributed by atoms with Gasteiger partial charge >= 0.3 is 5.97 Å². The molecule has 0 fully saturated rings. The number of carbonyl (C=O) groups excluding carboxylic acids is 1. The molecule has 1 aliphatic heterocycles. The zero-order valence-corrected chi connectivity index (χ0v) is 13.3. The molecule has 0 aromatic heterocycles. The molecular formula is C16H21NO3S. The second-order valence-electron chi connectivity index (χ2n) is 5.33. The monoisotopic (exact) mass is 307 g/mol. The minimum atomic E-state index is -0.948. The van der Waals surface area contributed by atoms with E-state index in [4.69, 9.17) is 0 Å². The summed E-state index contributed by atoms with van der Waals surface area (Å²) in [6.45, 7) is 4.32. The molecule has 5 heteroatoms. The summed E-state index contributed by atoms with van der Waals surface area (Å²) in [7, 11) is 0. The van der Waals surface area contributed by atoms with E-state index in [1.807, 2.05) is 38.1 Å². The summed E-state index contributed by atoms with van der Waals surface area (Å²) in [4.78, 5) is 27.1. The quantitative estimate of drug-likeness (QED) is 0.905. The Hall–Kier alpha value is -1.49. The first-order chi connectivity index (χ1) is 10.0. The number of rotatable bonds is 5. The smallest absolute Gasteiger partial charge is 0.310 e. The molecule has 0 bridgehead atoms. The van der Waals surface area contributed by atoms with Gasteiger partial charge in [0, 0.05) is 23.6 Å². The summed E-state index contributed by atoms with van der Waals surface area (Å²) < 4.78 is 0. The van der Waals surface area contributed by atoms with Gasteiger partial charge in [-0.05, 0) is 25.0 Å². The Bertz CT molecular complexity index is 540. The molecule has 1 aromatic rings. The van der Waals surface area contributed by atoms with Crippen molar-refractivity contribution in [1.82, 2.24) is 0 Å². The van der Waals surface area contributed by atoms with E-state index in [1.165, 1.54) is 0 Å². The van der Waals surface area contributed by atoms with Crippen LogP contribution in [0.3, 0.4) is 0 Å². The van der Waals surface area contributed by atoms with E-state index in [0.717, 1.165) is 16.3 Å². The second-order valence-corrected chi connectivity index (χ2v) is 6.47. The molecule has 0 saturated carbocycles. The molecule has 1 N–H and O–H groups in total. The highest BCUT2D eigenvalue weighted by Gasteiger charge is 2.39. The van der Waals surface area contributed by atoms with Crippen LogP contribution in [0.15, 0.2) is 29.2 Å². The molecule has 114 valence electrons. The molecule has 1 aliphatic rings. The Morgan fingerprint density at radius 3 is 2.57 bits per heavy atom. The van der Waals surface area contributed by atoms with Crippen molar-refractivity contribution < 1.29 is 14.7 Å². The zero-order valence-electron chi connectivity index (χ0n) is 12.5. The standard InChI is InChI=1S/C16H21NO3S/c1-3-16(4-2,15(19)20)11-14(18)17-9-10-21-13-8-6-5-7-12(13)17/h5-8H,3-4,9-11H2,1-2H3,(H,19,20). The summed E-state index contributed by atoms with van der Waals surface area (Å²) >= 11 is 1.74. The van der Waals surface area contributed by atoms with Crippen LogP contribution in [0, 0.1) is 5.41 Å². The first kappa shape index (κ1) is 15.9. The van der Waals surface area contributed by atoms with Crippen molar-refractivity contribution in [3.05, 3.63) is 24.3 Å². The van der Waals surface area contributed by atoms with Gasteiger partial charge in [-0.15, -0.1) is 11.8 Å². The Balaban J connectivity index is 2.24. The third kappa shape index (κ3) is 3.07. The average molecular weight is 307 g/mol. The molecule has 1 amide bonds. The topological polar surface area (TPSA) is 57.6 Å². The lowest BCUT2D eigenvalue weighted by Gasteiger charge is -2.33. The van der Waals surface area contributed by atoms with E-state index in [0.29, 0.717) is 19.4 Å². The third-order valence-corrected chi connectivity index (χ3v) is 5.37. The van der Waals surface area contributed by atoms with Crippen LogP contribution in [0.25, 0.3) is 0 Å². The van der Waals surface area contributed by atoms with E-state index < -0.39 is 11.4 Å². The molecule has 1 aromatic carbocycles. The summed E-state index contributed by atoms with van der Waals surface area (Å²) in [6.07, 6.45) is 0.998.